The molecule has 4 fully saturated rings. The Labute approximate surface area is 216 Å². The van der Waals surface area contributed by atoms with E-state index in [4.69, 9.17) is 0 Å². The van der Waals surface area contributed by atoms with Gasteiger partial charge in [0.15, 0.2) is 0 Å². The van der Waals surface area contributed by atoms with Gasteiger partial charge in [-0.3, -0.25) is 4.79 Å². The normalized spacial score (nSPS) is 55.9. The van der Waals surface area contributed by atoms with Crippen LogP contribution in [0.15, 0.2) is 11.6 Å². The maximum Gasteiger partial charge on any atom is 0.310 e. The lowest BCUT2D eigenvalue weighted by Crippen LogP contribution is -2.69. The van der Waals surface area contributed by atoms with Crippen LogP contribution in [0.25, 0.3) is 0 Å². The molecule has 5 aliphatic carbocycles. The van der Waals surface area contributed by atoms with Crippen LogP contribution in [0.3, 0.4) is 0 Å². The third kappa shape index (κ3) is 2.96. The number of aliphatic carboxylic acids is 1. The van der Waals surface area contributed by atoms with Crippen molar-refractivity contribution in [1.29, 1.82) is 0 Å². The summed E-state index contributed by atoms with van der Waals surface area (Å²) in [5.74, 6) is -1.10. The summed E-state index contributed by atoms with van der Waals surface area (Å²) in [6, 6.07) is 0. The van der Waals surface area contributed by atoms with Crippen LogP contribution < -0.4 is 0 Å². The molecule has 0 saturated heterocycles. The van der Waals surface area contributed by atoms with Crippen molar-refractivity contribution in [2.24, 2.45) is 50.7 Å². The second kappa shape index (κ2) is 7.80. The van der Waals surface area contributed by atoms with Crippen molar-refractivity contribution >= 4 is 5.97 Å². The molecule has 5 rings (SSSR count). The molecule has 0 heterocycles. The van der Waals surface area contributed by atoms with Gasteiger partial charge in [0.1, 0.15) is 0 Å². The van der Waals surface area contributed by atoms with Crippen LogP contribution in [0.2, 0.25) is 0 Å². The van der Waals surface area contributed by atoms with Crippen LogP contribution in [-0.4, -0.2) is 55.9 Å². The number of carboxylic acid groups (broad SMARTS) is 1. The molecule has 0 bridgehead atoms. The van der Waals surface area contributed by atoms with Crippen LogP contribution in [0.5, 0.6) is 0 Å². The van der Waals surface area contributed by atoms with Gasteiger partial charge in [0.2, 0.25) is 0 Å². The summed E-state index contributed by atoms with van der Waals surface area (Å²) in [4.78, 5) is 12.9. The van der Waals surface area contributed by atoms with E-state index in [-0.39, 0.29) is 34.2 Å². The van der Waals surface area contributed by atoms with Gasteiger partial charge < -0.3 is 25.5 Å². The fourth-order valence-electron chi connectivity index (χ4n) is 11.2. The molecule has 36 heavy (non-hydrogen) atoms. The lowest BCUT2D eigenvalue weighted by atomic mass is 9.33. The largest absolute Gasteiger partial charge is 0.481 e. The van der Waals surface area contributed by atoms with Crippen molar-refractivity contribution in [2.75, 3.05) is 6.61 Å². The number of fused-ring (bicyclic) bond motifs is 7. The Morgan fingerprint density at radius 3 is 2.25 bits per heavy atom. The number of rotatable bonds is 2. The first-order valence-electron chi connectivity index (χ1n) is 14.2. The average molecular weight is 505 g/mol. The molecule has 11 atom stereocenters. The predicted octanol–water partition coefficient (Wildman–Crippen LogP) is 4.15. The summed E-state index contributed by atoms with van der Waals surface area (Å²) in [6.45, 7) is 12.8. The molecule has 0 aromatic rings. The molecule has 0 radical (unpaired) electrons. The molecule has 6 heteroatoms. The second-order valence-corrected chi connectivity index (χ2v) is 14.9. The maximum absolute atomic E-state index is 12.9. The highest BCUT2D eigenvalue weighted by Gasteiger charge is 2.72. The third-order valence-electron chi connectivity index (χ3n) is 13.4. The van der Waals surface area contributed by atoms with Gasteiger partial charge in [-0.05, 0) is 91.8 Å². The Morgan fingerprint density at radius 2 is 1.64 bits per heavy atom. The first-order chi connectivity index (χ1) is 16.5. The monoisotopic (exact) mass is 504 g/mol. The molecule has 4 saturated carbocycles. The van der Waals surface area contributed by atoms with Gasteiger partial charge in [0.05, 0.1) is 23.2 Å². The lowest BCUT2D eigenvalue weighted by Gasteiger charge is -2.72. The molecule has 5 aliphatic rings. The minimum Gasteiger partial charge on any atom is -0.481 e. The smallest absolute Gasteiger partial charge is 0.310 e. The van der Waals surface area contributed by atoms with Gasteiger partial charge in [-0.1, -0.05) is 46.3 Å². The number of allylic oxidation sites excluding steroid dienone is 1. The molecule has 204 valence electrons. The first kappa shape index (κ1) is 26.6. The number of hydrogen-bond donors (Lipinski definition) is 5. The number of hydrogen-bond acceptors (Lipinski definition) is 5. The Kier molecular flexibility index (Phi) is 5.77. The highest BCUT2D eigenvalue weighted by molar-refractivity contribution is 5.77. The molecule has 0 aliphatic heterocycles. The average Bonchev–Trinajstić information content (AvgIpc) is 2.77. The molecular formula is C30H48O6. The van der Waals surface area contributed by atoms with Crippen molar-refractivity contribution < 1.29 is 30.3 Å². The van der Waals surface area contributed by atoms with Crippen LogP contribution in [0, 0.1) is 50.7 Å². The predicted molar refractivity (Wildman–Crippen MR) is 137 cm³/mol. The van der Waals surface area contributed by atoms with E-state index in [1.807, 2.05) is 0 Å². The highest BCUT2D eigenvalue weighted by atomic mass is 16.4. The minimum atomic E-state index is -1.30. The molecule has 0 aromatic carbocycles. The molecule has 5 N–H and O–H groups in total. The lowest BCUT2D eigenvalue weighted by molar-refractivity contribution is -0.238. The van der Waals surface area contributed by atoms with Crippen molar-refractivity contribution in [3.8, 4) is 0 Å². The van der Waals surface area contributed by atoms with E-state index in [0.29, 0.717) is 37.5 Å². The summed E-state index contributed by atoms with van der Waals surface area (Å²) < 4.78 is 0. The van der Waals surface area contributed by atoms with Gasteiger partial charge in [-0.2, -0.15) is 0 Å². The van der Waals surface area contributed by atoms with E-state index in [1.165, 1.54) is 0 Å². The fraction of sp³-hybridized carbons (Fsp3) is 0.900. The molecule has 0 amide bonds. The zero-order chi connectivity index (χ0) is 26.7. The Hall–Kier alpha value is -0.950. The molecule has 0 spiro atoms. The van der Waals surface area contributed by atoms with Gasteiger partial charge >= 0.3 is 5.97 Å². The number of carboxylic acids is 1. The van der Waals surface area contributed by atoms with Gasteiger partial charge in [0, 0.05) is 18.4 Å². The van der Waals surface area contributed by atoms with Gasteiger partial charge in [-0.25, -0.2) is 0 Å². The number of aliphatic hydroxyl groups excluding tert-OH is 3. The zero-order valence-corrected chi connectivity index (χ0v) is 23.0. The maximum atomic E-state index is 12.9. The first-order valence-corrected chi connectivity index (χ1v) is 14.2. The topological polar surface area (TPSA) is 118 Å². The standard InChI is InChI=1S/C30H48O6/c1-25(2)20-10-11-28(5)21(26(20,3)15-19(32)23(25)33)8-7-18-22-29(6,36)17(16-31)9-12-30(22,24(34)35)14-13-27(18,28)4/h7,17,19-23,31-33,36H,8-16H2,1-6H3,(H,34,35)/t17-,19+,20-,21+,22+,23-,26-,27+,28+,29+,30-/m0/s1. The van der Waals surface area contributed by atoms with E-state index in [0.717, 1.165) is 31.3 Å². The Bertz CT molecular complexity index is 970. The summed E-state index contributed by atoms with van der Waals surface area (Å²) >= 11 is 0. The van der Waals surface area contributed by atoms with Crippen LogP contribution in [-0.2, 0) is 4.79 Å². The zero-order valence-electron chi connectivity index (χ0n) is 23.0. The molecule has 0 aromatic heterocycles. The molecular weight excluding hydrogens is 456 g/mol. The fourth-order valence-corrected chi connectivity index (χ4v) is 11.2. The van der Waals surface area contributed by atoms with Crippen molar-refractivity contribution in [1.82, 2.24) is 0 Å². The Morgan fingerprint density at radius 1 is 0.972 bits per heavy atom. The summed E-state index contributed by atoms with van der Waals surface area (Å²) in [7, 11) is 0. The van der Waals surface area contributed by atoms with Crippen molar-refractivity contribution in [3.05, 3.63) is 11.6 Å². The molecule has 0 unspecified atom stereocenters. The minimum absolute atomic E-state index is 0.118. The van der Waals surface area contributed by atoms with Crippen molar-refractivity contribution in [2.45, 2.75) is 111 Å². The van der Waals surface area contributed by atoms with E-state index < -0.39 is 35.1 Å². The summed E-state index contributed by atoms with van der Waals surface area (Å²) in [6.07, 6.45) is 6.40. The number of carbonyl (C=O) groups is 1. The Balaban J connectivity index is 1.65. The van der Waals surface area contributed by atoms with Crippen LogP contribution in [0.4, 0.5) is 0 Å². The van der Waals surface area contributed by atoms with Crippen molar-refractivity contribution in [3.63, 3.8) is 0 Å². The van der Waals surface area contributed by atoms with E-state index >= 15 is 0 Å². The SMILES string of the molecule is CC1(C)[C@@H](O)[C@H](O)C[C@]2(C)[C@H]3CC=C4[C@H]5[C@](C(=O)O)(CC[C@@H](CO)[C@@]5(C)O)CC[C@@]4(C)[C@]3(C)CC[C@@H]12. The summed E-state index contributed by atoms with van der Waals surface area (Å²) in [5, 5.41) is 54.5. The van der Waals surface area contributed by atoms with Gasteiger partial charge in [-0.15, -0.1) is 0 Å². The van der Waals surface area contributed by atoms with Crippen LogP contribution >= 0.6 is 0 Å². The third-order valence-corrected chi connectivity index (χ3v) is 13.4. The molecule has 6 nitrogen and oxygen atoms in total. The van der Waals surface area contributed by atoms with E-state index in [1.54, 1.807) is 6.92 Å². The quantitative estimate of drug-likeness (QED) is 0.361. The van der Waals surface area contributed by atoms with E-state index in [9.17, 15) is 30.3 Å². The second-order valence-electron chi connectivity index (χ2n) is 14.9. The van der Waals surface area contributed by atoms with Crippen LogP contribution in [0.1, 0.15) is 92.9 Å². The number of aliphatic hydroxyl groups is 4. The summed E-state index contributed by atoms with van der Waals surface area (Å²) in [5.41, 5.74) is -2.13. The highest BCUT2D eigenvalue weighted by Crippen LogP contribution is 2.76. The van der Waals surface area contributed by atoms with E-state index in [2.05, 4.69) is 40.7 Å². The van der Waals surface area contributed by atoms with Gasteiger partial charge in [0.25, 0.3) is 0 Å².